The Morgan fingerprint density at radius 1 is 1.50 bits per heavy atom. The SMILES string of the molecule is O=C(CSc1ccncc1)NC(CCO)C1CC1. The van der Waals surface area contributed by atoms with Crippen molar-refractivity contribution in [1.29, 1.82) is 0 Å². The molecule has 0 saturated heterocycles. The van der Waals surface area contributed by atoms with E-state index in [0.29, 0.717) is 18.1 Å². The molecule has 0 bridgehead atoms. The minimum atomic E-state index is 0.0437. The quantitative estimate of drug-likeness (QED) is 0.733. The number of rotatable bonds is 7. The highest BCUT2D eigenvalue weighted by Gasteiger charge is 2.31. The van der Waals surface area contributed by atoms with E-state index in [4.69, 9.17) is 5.11 Å². The van der Waals surface area contributed by atoms with Crippen LogP contribution >= 0.6 is 11.8 Å². The average molecular weight is 266 g/mol. The molecule has 1 aliphatic carbocycles. The van der Waals surface area contributed by atoms with Crippen LogP contribution < -0.4 is 5.32 Å². The second kappa shape index (κ2) is 6.75. The number of nitrogens with zero attached hydrogens (tertiary/aromatic N) is 1. The first-order valence-electron chi connectivity index (χ1n) is 6.22. The van der Waals surface area contributed by atoms with Gasteiger partial charge in [0, 0.05) is 29.9 Å². The van der Waals surface area contributed by atoms with Crippen molar-refractivity contribution >= 4 is 17.7 Å². The van der Waals surface area contributed by atoms with Crippen molar-refractivity contribution in [2.24, 2.45) is 5.92 Å². The molecule has 0 spiro atoms. The molecule has 1 fully saturated rings. The molecule has 0 radical (unpaired) electrons. The maximum Gasteiger partial charge on any atom is 0.230 e. The van der Waals surface area contributed by atoms with E-state index < -0.39 is 0 Å². The number of aliphatic hydroxyl groups is 1. The third-order valence-electron chi connectivity index (χ3n) is 3.00. The first-order chi connectivity index (χ1) is 8.79. The van der Waals surface area contributed by atoms with Gasteiger partial charge in [0.05, 0.1) is 5.75 Å². The van der Waals surface area contributed by atoms with Crippen molar-refractivity contribution in [3.63, 3.8) is 0 Å². The predicted molar refractivity (Wildman–Crippen MR) is 71.3 cm³/mol. The number of amides is 1. The lowest BCUT2D eigenvalue weighted by atomic mass is 10.1. The van der Waals surface area contributed by atoms with Crippen LogP contribution in [0.2, 0.25) is 0 Å². The number of thioether (sulfide) groups is 1. The van der Waals surface area contributed by atoms with E-state index in [0.717, 1.165) is 4.90 Å². The standard InChI is InChI=1S/C13H18N2O2S/c16-8-5-12(10-1-2-10)15-13(17)9-18-11-3-6-14-7-4-11/h3-4,6-7,10,12,16H,1-2,5,8-9H2,(H,15,17). The highest BCUT2D eigenvalue weighted by atomic mass is 32.2. The summed E-state index contributed by atoms with van der Waals surface area (Å²) < 4.78 is 0. The first kappa shape index (κ1) is 13.4. The number of nitrogens with one attached hydrogen (secondary N) is 1. The van der Waals surface area contributed by atoms with Crippen molar-refractivity contribution in [3.8, 4) is 0 Å². The molecule has 2 N–H and O–H groups in total. The molecule has 1 unspecified atom stereocenters. The molecule has 1 heterocycles. The summed E-state index contributed by atoms with van der Waals surface area (Å²) in [6.45, 7) is 0.138. The van der Waals surface area contributed by atoms with Crippen molar-refractivity contribution in [2.75, 3.05) is 12.4 Å². The molecule has 1 amide bonds. The van der Waals surface area contributed by atoms with Crippen LogP contribution in [0.5, 0.6) is 0 Å². The molecule has 1 saturated carbocycles. The van der Waals surface area contributed by atoms with Gasteiger partial charge in [-0.25, -0.2) is 0 Å². The Balaban J connectivity index is 1.74. The summed E-state index contributed by atoms with van der Waals surface area (Å²) in [4.78, 5) is 16.8. The van der Waals surface area contributed by atoms with Gasteiger partial charge in [-0.1, -0.05) is 0 Å². The van der Waals surface area contributed by atoms with Crippen LogP contribution in [0, 0.1) is 5.92 Å². The normalized spacial score (nSPS) is 16.3. The van der Waals surface area contributed by atoms with Crippen molar-refractivity contribution in [1.82, 2.24) is 10.3 Å². The number of carbonyl (C=O) groups is 1. The number of carbonyl (C=O) groups excluding carboxylic acids is 1. The van der Waals surface area contributed by atoms with Gasteiger partial charge in [-0.05, 0) is 37.3 Å². The van der Waals surface area contributed by atoms with Crippen molar-refractivity contribution in [3.05, 3.63) is 24.5 Å². The van der Waals surface area contributed by atoms with Gasteiger partial charge in [-0.3, -0.25) is 9.78 Å². The molecule has 18 heavy (non-hydrogen) atoms. The van der Waals surface area contributed by atoms with Gasteiger partial charge in [-0.2, -0.15) is 0 Å². The molecule has 1 atom stereocenters. The van der Waals surface area contributed by atoms with Crippen LogP contribution in [0.3, 0.4) is 0 Å². The van der Waals surface area contributed by atoms with Gasteiger partial charge in [0.2, 0.25) is 5.91 Å². The Morgan fingerprint density at radius 3 is 2.83 bits per heavy atom. The highest BCUT2D eigenvalue weighted by molar-refractivity contribution is 8.00. The third-order valence-corrected chi connectivity index (χ3v) is 4.01. The summed E-state index contributed by atoms with van der Waals surface area (Å²) >= 11 is 1.51. The Bertz CT molecular complexity index is 382. The molecule has 98 valence electrons. The number of hydrogen-bond acceptors (Lipinski definition) is 4. The van der Waals surface area contributed by atoms with Gasteiger partial charge in [0.25, 0.3) is 0 Å². The number of hydrogen-bond donors (Lipinski definition) is 2. The van der Waals surface area contributed by atoms with Crippen LogP contribution in [0.25, 0.3) is 0 Å². The van der Waals surface area contributed by atoms with Crippen LogP contribution in [-0.4, -0.2) is 34.4 Å². The van der Waals surface area contributed by atoms with E-state index in [9.17, 15) is 4.79 Å². The Morgan fingerprint density at radius 2 is 2.22 bits per heavy atom. The smallest absolute Gasteiger partial charge is 0.230 e. The minimum absolute atomic E-state index is 0.0437. The summed E-state index contributed by atoms with van der Waals surface area (Å²) in [6.07, 6.45) is 6.44. The van der Waals surface area contributed by atoms with Gasteiger partial charge >= 0.3 is 0 Å². The topological polar surface area (TPSA) is 62.2 Å². The Kier molecular flexibility index (Phi) is 5.01. The van der Waals surface area contributed by atoms with Gasteiger partial charge in [-0.15, -0.1) is 11.8 Å². The average Bonchev–Trinajstić information content (AvgIpc) is 3.21. The van der Waals surface area contributed by atoms with Crippen molar-refractivity contribution < 1.29 is 9.90 Å². The fourth-order valence-corrected chi connectivity index (χ4v) is 2.59. The molecule has 2 rings (SSSR count). The first-order valence-corrected chi connectivity index (χ1v) is 7.21. The van der Waals surface area contributed by atoms with E-state index in [1.165, 1.54) is 24.6 Å². The minimum Gasteiger partial charge on any atom is -0.396 e. The van der Waals surface area contributed by atoms with Crippen molar-refractivity contribution in [2.45, 2.75) is 30.2 Å². The van der Waals surface area contributed by atoms with Crippen LogP contribution in [-0.2, 0) is 4.79 Å². The molecule has 4 nitrogen and oxygen atoms in total. The highest BCUT2D eigenvalue weighted by Crippen LogP contribution is 2.34. The zero-order valence-electron chi connectivity index (χ0n) is 10.2. The van der Waals surface area contributed by atoms with Gasteiger partial charge in [0.15, 0.2) is 0 Å². The van der Waals surface area contributed by atoms with Crippen LogP contribution in [0.4, 0.5) is 0 Å². The predicted octanol–water partition coefficient (Wildman–Crippen LogP) is 1.45. The maximum absolute atomic E-state index is 11.8. The molecule has 1 aromatic heterocycles. The fourth-order valence-electron chi connectivity index (χ4n) is 1.90. The lowest BCUT2D eigenvalue weighted by molar-refractivity contribution is -0.119. The zero-order valence-corrected chi connectivity index (χ0v) is 11.0. The van der Waals surface area contributed by atoms with E-state index >= 15 is 0 Å². The zero-order chi connectivity index (χ0) is 12.8. The summed E-state index contributed by atoms with van der Waals surface area (Å²) in [5, 5.41) is 12.0. The molecular formula is C13H18N2O2S. The Labute approximate surface area is 111 Å². The third kappa shape index (κ3) is 4.31. The lowest BCUT2D eigenvalue weighted by Gasteiger charge is -2.16. The second-order valence-corrected chi connectivity index (χ2v) is 5.54. The number of pyridine rings is 1. The van der Waals surface area contributed by atoms with Gasteiger partial charge in [0.1, 0.15) is 0 Å². The van der Waals surface area contributed by atoms with E-state index in [2.05, 4.69) is 10.3 Å². The maximum atomic E-state index is 11.8. The van der Waals surface area contributed by atoms with E-state index in [1.807, 2.05) is 12.1 Å². The number of aromatic nitrogens is 1. The molecule has 5 heteroatoms. The second-order valence-electron chi connectivity index (χ2n) is 4.50. The number of aliphatic hydroxyl groups excluding tert-OH is 1. The molecule has 0 aliphatic heterocycles. The Hall–Kier alpha value is -1.07. The monoisotopic (exact) mass is 266 g/mol. The molecular weight excluding hydrogens is 248 g/mol. The summed E-state index contributed by atoms with van der Waals surface area (Å²) in [5.74, 6) is 1.03. The van der Waals surface area contributed by atoms with Crippen LogP contribution in [0.15, 0.2) is 29.4 Å². The van der Waals surface area contributed by atoms with Gasteiger partial charge < -0.3 is 10.4 Å². The largest absolute Gasteiger partial charge is 0.396 e. The molecule has 1 aliphatic rings. The van der Waals surface area contributed by atoms with Crippen LogP contribution in [0.1, 0.15) is 19.3 Å². The summed E-state index contributed by atoms with van der Waals surface area (Å²) in [5.41, 5.74) is 0. The molecule has 1 aromatic rings. The fraction of sp³-hybridized carbons (Fsp3) is 0.538. The lowest BCUT2D eigenvalue weighted by Crippen LogP contribution is -2.38. The summed E-state index contributed by atoms with van der Waals surface area (Å²) in [6, 6.07) is 3.94. The molecule has 0 aromatic carbocycles. The summed E-state index contributed by atoms with van der Waals surface area (Å²) in [7, 11) is 0. The van der Waals surface area contributed by atoms with E-state index in [-0.39, 0.29) is 18.6 Å². The van der Waals surface area contributed by atoms with E-state index in [1.54, 1.807) is 12.4 Å².